The van der Waals surface area contributed by atoms with E-state index in [9.17, 15) is 4.79 Å². The highest BCUT2D eigenvalue weighted by Crippen LogP contribution is 2.24. The van der Waals surface area contributed by atoms with Gasteiger partial charge in [0, 0.05) is 36.8 Å². The molecular weight excluding hydrogens is 398 g/mol. The number of nitrogens with one attached hydrogen (secondary N) is 1. The molecule has 1 N–H and O–H groups in total. The van der Waals surface area contributed by atoms with Crippen molar-refractivity contribution in [2.24, 2.45) is 5.10 Å². The molecule has 0 bridgehead atoms. The fourth-order valence-corrected chi connectivity index (χ4v) is 3.33. The highest BCUT2D eigenvalue weighted by atomic mass is 16.5. The van der Waals surface area contributed by atoms with Gasteiger partial charge in [0.15, 0.2) is 0 Å². The van der Waals surface area contributed by atoms with E-state index in [0.717, 1.165) is 49.7 Å². The standard InChI is InChI=1S/C23H29N3O5/c1-16(24-25-23(27)18-12-20(28-2)14-21(13-18)29-3)17-5-6-22(30-4)19(11-17)15-26-7-9-31-10-8-26/h5-6,11-14H,7-10,15H2,1-4H3,(H,25,27)/b24-16-. The maximum absolute atomic E-state index is 12.6. The number of amides is 1. The molecule has 1 fully saturated rings. The van der Waals surface area contributed by atoms with Crippen LogP contribution in [0.15, 0.2) is 41.5 Å². The summed E-state index contributed by atoms with van der Waals surface area (Å²) < 4.78 is 21.4. The van der Waals surface area contributed by atoms with Crippen molar-refractivity contribution in [1.29, 1.82) is 0 Å². The number of hydrazone groups is 1. The van der Waals surface area contributed by atoms with E-state index >= 15 is 0 Å². The first-order chi connectivity index (χ1) is 15.0. The third-order valence-electron chi connectivity index (χ3n) is 5.13. The Morgan fingerprint density at radius 1 is 1.00 bits per heavy atom. The Morgan fingerprint density at radius 3 is 2.29 bits per heavy atom. The van der Waals surface area contributed by atoms with Crippen LogP contribution >= 0.6 is 0 Å². The largest absolute Gasteiger partial charge is 0.497 e. The SMILES string of the molecule is COc1cc(OC)cc(C(=O)N/N=C(/C)c2ccc(OC)c(CN3CCOCC3)c2)c1. The molecule has 0 aromatic heterocycles. The lowest BCUT2D eigenvalue weighted by Crippen LogP contribution is -2.35. The molecule has 0 radical (unpaired) electrons. The minimum absolute atomic E-state index is 0.349. The van der Waals surface area contributed by atoms with Gasteiger partial charge in [0.25, 0.3) is 5.91 Å². The van der Waals surface area contributed by atoms with E-state index in [-0.39, 0.29) is 5.91 Å². The highest BCUT2D eigenvalue weighted by molar-refractivity contribution is 6.01. The fraction of sp³-hybridized carbons (Fsp3) is 0.391. The minimum Gasteiger partial charge on any atom is -0.497 e. The van der Waals surface area contributed by atoms with Crippen molar-refractivity contribution in [2.45, 2.75) is 13.5 Å². The molecule has 1 saturated heterocycles. The Morgan fingerprint density at radius 2 is 1.68 bits per heavy atom. The Hall–Kier alpha value is -3.10. The van der Waals surface area contributed by atoms with Gasteiger partial charge < -0.3 is 18.9 Å². The molecular formula is C23H29N3O5. The first-order valence-corrected chi connectivity index (χ1v) is 10.1. The average molecular weight is 428 g/mol. The van der Waals surface area contributed by atoms with E-state index in [0.29, 0.717) is 22.8 Å². The van der Waals surface area contributed by atoms with Crippen LogP contribution in [-0.4, -0.2) is 64.2 Å². The number of rotatable bonds is 8. The highest BCUT2D eigenvalue weighted by Gasteiger charge is 2.15. The number of nitrogens with zero attached hydrogens (tertiary/aromatic N) is 2. The predicted molar refractivity (Wildman–Crippen MR) is 118 cm³/mol. The Bertz CT molecular complexity index is 917. The van der Waals surface area contributed by atoms with E-state index in [1.54, 1.807) is 25.3 Å². The number of methoxy groups -OCH3 is 3. The van der Waals surface area contributed by atoms with Gasteiger partial charge in [-0.05, 0) is 42.8 Å². The molecule has 8 heteroatoms. The predicted octanol–water partition coefficient (Wildman–Crippen LogP) is 2.70. The van der Waals surface area contributed by atoms with Gasteiger partial charge in [-0.3, -0.25) is 9.69 Å². The molecule has 8 nitrogen and oxygen atoms in total. The van der Waals surface area contributed by atoms with Gasteiger partial charge in [0.05, 0.1) is 40.3 Å². The van der Waals surface area contributed by atoms with Gasteiger partial charge in [-0.2, -0.15) is 5.10 Å². The van der Waals surface area contributed by atoms with Gasteiger partial charge in [-0.15, -0.1) is 0 Å². The van der Waals surface area contributed by atoms with Crippen LogP contribution < -0.4 is 19.6 Å². The second-order valence-corrected chi connectivity index (χ2v) is 7.15. The van der Waals surface area contributed by atoms with E-state index in [2.05, 4.69) is 15.4 Å². The topological polar surface area (TPSA) is 81.6 Å². The molecule has 0 unspecified atom stereocenters. The van der Waals surface area contributed by atoms with Gasteiger partial charge in [0.1, 0.15) is 17.2 Å². The molecule has 2 aromatic carbocycles. The Labute approximate surface area is 182 Å². The maximum atomic E-state index is 12.6. The lowest BCUT2D eigenvalue weighted by molar-refractivity contribution is 0.0339. The van der Waals surface area contributed by atoms with Crippen molar-refractivity contribution in [2.75, 3.05) is 47.6 Å². The van der Waals surface area contributed by atoms with Crippen molar-refractivity contribution in [3.05, 3.63) is 53.1 Å². The lowest BCUT2D eigenvalue weighted by Gasteiger charge is -2.27. The number of hydrogen-bond acceptors (Lipinski definition) is 7. The number of carbonyl (C=O) groups is 1. The fourth-order valence-electron chi connectivity index (χ4n) is 3.33. The molecule has 0 atom stereocenters. The van der Waals surface area contributed by atoms with Crippen LogP contribution in [0.25, 0.3) is 0 Å². The number of hydrogen-bond donors (Lipinski definition) is 1. The van der Waals surface area contributed by atoms with Crippen LogP contribution in [0.4, 0.5) is 0 Å². The van der Waals surface area contributed by atoms with Crippen molar-refractivity contribution in [1.82, 2.24) is 10.3 Å². The van der Waals surface area contributed by atoms with E-state index in [4.69, 9.17) is 18.9 Å². The zero-order chi connectivity index (χ0) is 22.2. The first-order valence-electron chi connectivity index (χ1n) is 10.1. The number of carbonyl (C=O) groups excluding carboxylic acids is 1. The zero-order valence-electron chi connectivity index (χ0n) is 18.4. The van der Waals surface area contributed by atoms with Gasteiger partial charge in [-0.1, -0.05) is 0 Å². The summed E-state index contributed by atoms with van der Waals surface area (Å²) in [6, 6.07) is 10.9. The summed E-state index contributed by atoms with van der Waals surface area (Å²) in [6.45, 7) is 5.88. The summed E-state index contributed by atoms with van der Waals surface area (Å²) in [5.74, 6) is 1.55. The number of ether oxygens (including phenoxy) is 4. The monoisotopic (exact) mass is 427 g/mol. The molecule has 3 rings (SSSR count). The molecule has 1 amide bonds. The van der Waals surface area contributed by atoms with E-state index in [1.165, 1.54) is 14.2 Å². The summed E-state index contributed by atoms with van der Waals surface area (Å²) in [4.78, 5) is 14.9. The van der Waals surface area contributed by atoms with Crippen LogP contribution in [0.3, 0.4) is 0 Å². The minimum atomic E-state index is -0.349. The zero-order valence-corrected chi connectivity index (χ0v) is 18.4. The van der Waals surface area contributed by atoms with Crippen LogP contribution in [0, 0.1) is 0 Å². The lowest BCUT2D eigenvalue weighted by atomic mass is 10.1. The van der Waals surface area contributed by atoms with Crippen LogP contribution in [-0.2, 0) is 11.3 Å². The van der Waals surface area contributed by atoms with Gasteiger partial charge in [-0.25, -0.2) is 5.43 Å². The summed E-state index contributed by atoms with van der Waals surface area (Å²) in [7, 11) is 4.75. The summed E-state index contributed by atoms with van der Waals surface area (Å²) in [6.07, 6.45) is 0. The van der Waals surface area contributed by atoms with Crippen molar-refractivity contribution < 1.29 is 23.7 Å². The van der Waals surface area contributed by atoms with Crippen molar-refractivity contribution >= 4 is 11.6 Å². The van der Waals surface area contributed by atoms with Gasteiger partial charge in [0.2, 0.25) is 0 Å². The van der Waals surface area contributed by atoms with E-state index < -0.39 is 0 Å². The summed E-state index contributed by atoms with van der Waals surface area (Å²) in [5.41, 5.74) is 5.68. The molecule has 0 spiro atoms. The third-order valence-corrected chi connectivity index (χ3v) is 5.13. The van der Waals surface area contributed by atoms with Crippen LogP contribution in [0.1, 0.15) is 28.4 Å². The quantitative estimate of drug-likeness (QED) is 0.515. The molecule has 1 aliphatic heterocycles. The normalized spacial score (nSPS) is 14.8. The maximum Gasteiger partial charge on any atom is 0.271 e. The van der Waals surface area contributed by atoms with E-state index in [1.807, 2.05) is 25.1 Å². The Kier molecular flexibility index (Phi) is 7.86. The smallest absolute Gasteiger partial charge is 0.271 e. The molecule has 166 valence electrons. The molecule has 2 aromatic rings. The molecule has 1 aliphatic rings. The third kappa shape index (κ3) is 5.96. The van der Waals surface area contributed by atoms with Crippen LogP contribution in [0.2, 0.25) is 0 Å². The molecule has 31 heavy (non-hydrogen) atoms. The average Bonchev–Trinajstić information content (AvgIpc) is 2.82. The summed E-state index contributed by atoms with van der Waals surface area (Å²) >= 11 is 0. The summed E-state index contributed by atoms with van der Waals surface area (Å²) in [5, 5.41) is 4.29. The molecule has 0 saturated carbocycles. The number of benzene rings is 2. The van der Waals surface area contributed by atoms with Crippen molar-refractivity contribution in [3.63, 3.8) is 0 Å². The Balaban J connectivity index is 1.75. The molecule has 0 aliphatic carbocycles. The number of morpholine rings is 1. The van der Waals surface area contributed by atoms with Gasteiger partial charge >= 0.3 is 0 Å². The molecule has 1 heterocycles. The second kappa shape index (κ2) is 10.8. The van der Waals surface area contributed by atoms with Crippen molar-refractivity contribution in [3.8, 4) is 17.2 Å². The van der Waals surface area contributed by atoms with Crippen LogP contribution in [0.5, 0.6) is 17.2 Å². The second-order valence-electron chi connectivity index (χ2n) is 7.15. The first kappa shape index (κ1) is 22.6.